The molecule has 0 aromatic rings. The number of carbonyl (C=O) groups excluding carboxylic acids is 1. The van der Waals surface area contributed by atoms with Crippen LogP contribution >= 0.6 is 7.82 Å². The molecule has 5 atom stereocenters. The molecule has 0 rings (SSSR count). The molecule has 0 heterocycles. The molecule has 0 aliphatic heterocycles. The third kappa shape index (κ3) is 34.4. The first-order valence-corrected chi connectivity index (χ1v) is 21.8. The topological polar surface area (TPSA) is 148 Å². The van der Waals surface area contributed by atoms with Gasteiger partial charge >= 0.3 is 0 Å². The zero-order chi connectivity index (χ0) is 39.6. The highest BCUT2D eigenvalue weighted by atomic mass is 31.2. The van der Waals surface area contributed by atoms with Gasteiger partial charge in [0.2, 0.25) is 5.91 Å². The maximum Gasteiger partial charge on any atom is 0.268 e. The maximum absolute atomic E-state index is 12.8. The first-order chi connectivity index (χ1) is 25.3. The minimum atomic E-state index is -4.67. The number of likely N-dealkylation sites (N-methyl/N-ethyl adjacent to an activating group) is 1. The number of hydrogen-bond acceptors (Lipinski definition) is 8. The number of allylic oxidation sites excluding steroid dienone is 8. The molecular formula is C42H77N2O8P. The second kappa shape index (κ2) is 33.5. The molecule has 0 aromatic heterocycles. The van der Waals surface area contributed by atoms with Gasteiger partial charge in [-0.1, -0.05) is 132 Å². The molecule has 53 heavy (non-hydrogen) atoms. The minimum Gasteiger partial charge on any atom is -0.756 e. The first-order valence-electron chi connectivity index (χ1n) is 20.3. The number of phosphoric acid groups is 1. The van der Waals surface area contributed by atoms with Crippen LogP contribution in [0.1, 0.15) is 136 Å². The van der Waals surface area contributed by atoms with Crippen molar-refractivity contribution in [1.29, 1.82) is 0 Å². The molecule has 0 aromatic carbocycles. The van der Waals surface area contributed by atoms with Gasteiger partial charge in [0.1, 0.15) is 13.2 Å². The van der Waals surface area contributed by atoms with E-state index in [-0.39, 0.29) is 19.4 Å². The number of amides is 1. The fourth-order valence-electron chi connectivity index (χ4n) is 5.30. The number of aliphatic hydroxyl groups is 3. The van der Waals surface area contributed by atoms with Crippen LogP contribution in [0.4, 0.5) is 0 Å². The molecule has 0 spiro atoms. The van der Waals surface area contributed by atoms with E-state index < -0.39 is 44.7 Å². The standard InChI is InChI=1S/C42H77N2O8P/c1-6-8-10-12-14-16-18-20-22-24-26-28-31-39(45)38(37-52-53(49,50)51-36-35-44(3,4)5)43-42(48)34-30-33-41(47)40(46)32-29-27-25-23-21-19-17-15-13-11-9-7-2/h9,11,15,17,21,23,27-29,31,38-41,45-47H,6-8,10,12-14,16,18-20,22,24-26,30,32-37H2,1-5H3,(H-,43,48,49,50)/b11-9-,17-15-,23-21-,29-27-,31-28+/t38-,39+,40+,41+/m0/s1. The average molecular weight is 769 g/mol. The summed E-state index contributed by atoms with van der Waals surface area (Å²) in [6, 6.07) is -1.02. The van der Waals surface area contributed by atoms with Gasteiger partial charge in [0.15, 0.2) is 0 Å². The summed E-state index contributed by atoms with van der Waals surface area (Å²) in [5, 5.41) is 34.4. The molecular weight excluding hydrogens is 691 g/mol. The van der Waals surface area contributed by atoms with Crippen LogP contribution in [0.5, 0.6) is 0 Å². The van der Waals surface area contributed by atoms with Gasteiger partial charge in [-0.25, -0.2) is 0 Å². The van der Waals surface area contributed by atoms with E-state index in [1.165, 1.54) is 51.4 Å². The van der Waals surface area contributed by atoms with Gasteiger partial charge in [-0.05, 0) is 57.8 Å². The molecule has 0 saturated carbocycles. The van der Waals surface area contributed by atoms with Gasteiger partial charge in [0, 0.05) is 6.42 Å². The van der Waals surface area contributed by atoms with Crippen molar-refractivity contribution in [1.82, 2.24) is 5.32 Å². The van der Waals surface area contributed by atoms with Crippen molar-refractivity contribution in [3.8, 4) is 0 Å². The average Bonchev–Trinajstić information content (AvgIpc) is 3.10. The molecule has 11 heteroatoms. The smallest absolute Gasteiger partial charge is 0.268 e. The summed E-state index contributed by atoms with van der Waals surface area (Å²) in [5.74, 6) is -0.423. The van der Waals surface area contributed by atoms with Crippen LogP contribution in [0.25, 0.3) is 0 Å². The van der Waals surface area contributed by atoms with E-state index in [9.17, 15) is 29.6 Å². The van der Waals surface area contributed by atoms with Gasteiger partial charge < -0.3 is 39.1 Å². The zero-order valence-electron chi connectivity index (χ0n) is 33.9. The number of hydrogen-bond donors (Lipinski definition) is 4. The lowest BCUT2D eigenvalue weighted by Gasteiger charge is -2.29. The second-order valence-corrected chi connectivity index (χ2v) is 16.3. The summed E-state index contributed by atoms with van der Waals surface area (Å²) in [4.78, 5) is 25.3. The minimum absolute atomic E-state index is 0.0221. The SMILES string of the molecule is CC/C=C\C/C=C\C/C=C\C/C=C\C[C@@H](O)[C@H](O)CCCC(=O)N[C@@H](COP(=O)([O-])OCC[N+](C)(C)C)[C@H](O)/C=C/CCCCCCCCCCCC. The van der Waals surface area contributed by atoms with E-state index in [2.05, 4.69) is 55.6 Å². The van der Waals surface area contributed by atoms with Gasteiger partial charge in [-0.15, -0.1) is 0 Å². The Labute approximate surface area is 323 Å². The quantitative estimate of drug-likeness (QED) is 0.0220. The number of aliphatic hydroxyl groups excluding tert-OH is 3. The van der Waals surface area contributed by atoms with Crippen LogP contribution < -0.4 is 10.2 Å². The lowest BCUT2D eigenvalue weighted by atomic mass is 10.0. The van der Waals surface area contributed by atoms with E-state index in [4.69, 9.17) is 9.05 Å². The number of phosphoric ester groups is 1. The Kier molecular flexibility index (Phi) is 32.3. The molecule has 0 radical (unpaired) electrons. The van der Waals surface area contributed by atoms with Crippen LogP contribution in [-0.4, -0.2) is 91.0 Å². The van der Waals surface area contributed by atoms with Crippen molar-refractivity contribution in [3.05, 3.63) is 60.8 Å². The van der Waals surface area contributed by atoms with E-state index in [1.807, 2.05) is 39.4 Å². The van der Waals surface area contributed by atoms with Crippen LogP contribution in [0, 0.1) is 0 Å². The fraction of sp³-hybridized carbons (Fsp3) is 0.738. The van der Waals surface area contributed by atoms with Gasteiger partial charge in [-0.2, -0.15) is 0 Å². The Morgan fingerprint density at radius 2 is 1.28 bits per heavy atom. The Morgan fingerprint density at radius 1 is 0.736 bits per heavy atom. The molecule has 4 N–H and O–H groups in total. The van der Waals surface area contributed by atoms with Crippen LogP contribution in [0.2, 0.25) is 0 Å². The molecule has 1 unspecified atom stereocenters. The molecule has 308 valence electrons. The number of nitrogens with one attached hydrogen (secondary N) is 1. The number of rotatable bonds is 35. The van der Waals surface area contributed by atoms with Crippen LogP contribution in [-0.2, 0) is 18.4 Å². The molecule has 0 fully saturated rings. The van der Waals surface area contributed by atoms with Crippen molar-refractivity contribution in [2.75, 3.05) is 40.9 Å². The monoisotopic (exact) mass is 769 g/mol. The highest BCUT2D eigenvalue weighted by Crippen LogP contribution is 2.38. The highest BCUT2D eigenvalue weighted by Gasteiger charge is 2.23. The molecule has 0 aliphatic carbocycles. The van der Waals surface area contributed by atoms with Crippen molar-refractivity contribution >= 4 is 13.7 Å². The van der Waals surface area contributed by atoms with Gasteiger partial charge in [0.05, 0.1) is 52.1 Å². The largest absolute Gasteiger partial charge is 0.756 e. The Bertz CT molecular complexity index is 1090. The van der Waals surface area contributed by atoms with E-state index in [0.29, 0.717) is 23.9 Å². The summed E-state index contributed by atoms with van der Waals surface area (Å²) in [5.41, 5.74) is 0. The van der Waals surface area contributed by atoms with Gasteiger partial charge in [0.25, 0.3) is 7.82 Å². The first kappa shape index (κ1) is 51.1. The van der Waals surface area contributed by atoms with Crippen LogP contribution in [0.15, 0.2) is 60.8 Å². The molecule has 0 bridgehead atoms. The normalized spacial score (nSPS) is 16.3. The summed E-state index contributed by atoms with van der Waals surface area (Å²) < 4.78 is 23.0. The highest BCUT2D eigenvalue weighted by molar-refractivity contribution is 7.45. The second-order valence-electron chi connectivity index (χ2n) is 14.9. The zero-order valence-corrected chi connectivity index (χ0v) is 34.8. The Morgan fingerprint density at radius 3 is 1.85 bits per heavy atom. The van der Waals surface area contributed by atoms with E-state index in [0.717, 1.165) is 44.9 Å². The third-order valence-corrected chi connectivity index (χ3v) is 9.65. The summed E-state index contributed by atoms with van der Waals surface area (Å²) >= 11 is 0. The predicted molar refractivity (Wildman–Crippen MR) is 217 cm³/mol. The number of carbonyl (C=O) groups is 1. The summed E-state index contributed by atoms with van der Waals surface area (Å²) in [6.07, 6.45) is 34.3. The number of quaternary nitrogens is 1. The van der Waals surface area contributed by atoms with Gasteiger partial charge in [-0.3, -0.25) is 9.36 Å². The molecule has 1 amide bonds. The Balaban J connectivity index is 4.78. The van der Waals surface area contributed by atoms with Crippen molar-refractivity contribution in [2.45, 2.75) is 160 Å². The lowest BCUT2D eigenvalue weighted by Crippen LogP contribution is -2.46. The van der Waals surface area contributed by atoms with Crippen molar-refractivity contribution in [3.63, 3.8) is 0 Å². The third-order valence-electron chi connectivity index (χ3n) is 8.68. The Hall–Kier alpha value is -1.88. The van der Waals surface area contributed by atoms with E-state index >= 15 is 0 Å². The molecule has 0 aliphatic rings. The van der Waals surface area contributed by atoms with Crippen molar-refractivity contribution in [2.24, 2.45) is 0 Å². The molecule has 10 nitrogen and oxygen atoms in total. The summed E-state index contributed by atoms with van der Waals surface area (Å²) in [7, 11) is 1.07. The predicted octanol–water partition coefficient (Wildman–Crippen LogP) is 7.99. The summed E-state index contributed by atoms with van der Waals surface area (Å²) in [6.45, 7) is 4.25. The number of nitrogens with zero attached hydrogens (tertiary/aromatic N) is 1. The van der Waals surface area contributed by atoms with E-state index in [1.54, 1.807) is 6.08 Å². The number of unbranched alkanes of at least 4 members (excludes halogenated alkanes) is 10. The fourth-order valence-corrected chi connectivity index (χ4v) is 6.02. The lowest BCUT2D eigenvalue weighted by molar-refractivity contribution is -0.870. The van der Waals surface area contributed by atoms with Crippen LogP contribution in [0.3, 0.4) is 0 Å². The maximum atomic E-state index is 12.8. The molecule has 0 saturated heterocycles. The van der Waals surface area contributed by atoms with Crippen molar-refractivity contribution < 1.29 is 43.1 Å².